The Morgan fingerprint density at radius 1 is 1.26 bits per heavy atom. The van der Waals surface area contributed by atoms with Crippen molar-refractivity contribution in [2.75, 3.05) is 19.6 Å². The largest absolute Gasteiger partial charge is 0.370 e. The van der Waals surface area contributed by atoms with Gasteiger partial charge in [-0.05, 0) is 43.4 Å². The first-order valence-electron chi connectivity index (χ1n) is 7.29. The number of piperidine rings is 1. The summed E-state index contributed by atoms with van der Waals surface area (Å²) >= 11 is 0. The molecule has 0 aliphatic carbocycles. The van der Waals surface area contributed by atoms with Gasteiger partial charge in [-0.3, -0.25) is 9.88 Å². The van der Waals surface area contributed by atoms with Gasteiger partial charge < -0.3 is 10.5 Å². The highest BCUT2D eigenvalue weighted by Crippen LogP contribution is 2.38. The van der Waals surface area contributed by atoms with Crippen molar-refractivity contribution in [1.29, 1.82) is 0 Å². The Labute approximate surface area is 115 Å². The van der Waals surface area contributed by atoms with Crippen LogP contribution in [0.5, 0.6) is 0 Å². The van der Waals surface area contributed by atoms with Gasteiger partial charge in [0, 0.05) is 38.6 Å². The van der Waals surface area contributed by atoms with Crippen molar-refractivity contribution in [3.63, 3.8) is 0 Å². The van der Waals surface area contributed by atoms with Crippen molar-refractivity contribution in [2.45, 2.75) is 43.9 Å². The van der Waals surface area contributed by atoms with Gasteiger partial charge in [-0.2, -0.15) is 0 Å². The normalized spacial score (nSPS) is 26.9. The first-order chi connectivity index (χ1) is 9.30. The molecule has 1 unspecified atom stereocenters. The summed E-state index contributed by atoms with van der Waals surface area (Å²) in [6.07, 6.45) is 8.66. The number of aromatic nitrogens is 1. The molecule has 3 heterocycles. The summed E-state index contributed by atoms with van der Waals surface area (Å²) in [7, 11) is 0. The first kappa shape index (κ1) is 13.0. The molecular weight excluding hydrogens is 238 g/mol. The van der Waals surface area contributed by atoms with Gasteiger partial charge in [-0.1, -0.05) is 0 Å². The number of pyridine rings is 1. The van der Waals surface area contributed by atoms with Crippen LogP contribution in [0, 0.1) is 0 Å². The van der Waals surface area contributed by atoms with Crippen LogP contribution in [0.4, 0.5) is 0 Å². The minimum Gasteiger partial charge on any atom is -0.370 e. The Morgan fingerprint density at radius 3 is 2.63 bits per heavy atom. The molecular formula is C15H23N3O. The van der Waals surface area contributed by atoms with Crippen LogP contribution in [0.25, 0.3) is 0 Å². The molecule has 1 atom stereocenters. The molecule has 1 spiro atoms. The van der Waals surface area contributed by atoms with Gasteiger partial charge in [0.1, 0.15) is 0 Å². The highest BCUT2D eigenvalue weighted by Gasteiger charge is 2.41. The van der Waals surface area contributed by atoms with Crippen LogP contribution in [0.15, 0.2) is 24.5 Å². The molecule has 2 aliphatic rings. The number of likely N-dealkylation sites (tertiary alicyclic amines) is 1. The molecule has 2 fully saturated rings. The molecule has 0 aromatic carbocycles. The van der Waals surface area contributed by atoms with Crippen LogP contribution in [0.3, 0.4) is 0 Å². The third-order valence-electron chi connectivity index (χ3n) is 4.52. The predicted molar refractivity (Wildman–Crippen MR) is 74.6 cm³/mol. The minimum absolute atomic E-state index is 0.138. The Balaban J connectivity index is 1.53. The summed E-state index contributed by atoms with van der Waals surface area (Å²) in [5.41, 5.74) is 7.20. The van der Waals surface area contributed by atoms with Crippen LogP contribution in [-0.4, -0.2) is 41.2 Å². The van der Waals surface area contributed by atoms with Gasteiger partial charge in [0.05, 0.1) is 11.7 Å². The number of nitrogens with two attached hydrogens (primary N) is 1. The molecule has 0 bridgehead atoms. The Bertz CT molecular complexity index is 401. The second-order valence-electron chi connectivity index (χ2n) is 5.83. The zero-order valence-electron chi connectivity index (χ0n) is 11.4. The van der Waals surface area contributed by atoms with Crippen LogP contribution in [-0.2, 0) is 11.3 Å². The molecule has 19 heavy (non-hydrogen) atoms. The first-order valence-corrected chi connectivity index (χ1v) is 7.29. The highest BCUT2D eigenvalue weighted by molar-refractivity contribution is 5.09. The molecule has 4 heteroatoms. The monoisotopic (exact) mass is 261 g/mol. The maximum absolute atomic E-state index is 6.18. The molecule has 2 N–H and O–H groups in total. The fourth-order valence-electron chi connectivity index (χ4n) is 3.29. The maximum Gasteiger partial charge on any atom is 0.0712 e. The van der Waals surface area contributed by atoms with Crippen molar-refractivity contribution >= 4 is 0 Å². The average Bonchev–Trinajstić information content (AvgIpc) is 2.86. The highest BCUT2D eigenvalue weighted by atomic mass is 16.5. The van der Waals surface area contributed by atoms with Crippen LogP contribution < -0.4 is 5.73 Å². The lowest BCUT2D eigenvalue weighted by Gasteiger charge is -2.39. The van der Waals surface area contributed by atoms with Crippen molar-refractivity contribution in [3.8, 4) is 0 Å². The van der Waals surface area contributed by atoms with E-state index in [-0.39, 0.29) is 5.60 Å². The molecule has 1 aromatic rings. The van der Waals surface area contributed by atoms with Gasteiger partial charge >= 0.3 is 0 Å². The third-order valence-corrected chi connectivity index (χ3v) is 4.52. The van der Waals surface area contributed by atoms with E-state index in [1.165, 1.54) is 12.0 Å². The summed E-state index contributed by atoms with van der Waals surface area (Å²) in [5, 5.41) is 0. The van der Waals surface area contributed by atoms with Crippen LogP contribution in [0.2, 0.25) is 0 Å². The molecule has 0 saturated carbocycles. The molecule has 2 saturated heterocycles. The Morgan fingerprint density at radius 2 is 2.00 bits per heavy atom. The van der Waals surface area contributed by atoms with E-state index in [2.05, 4.69) is 22.0 Å². The lowest BCUT2D eigenvalue weighted by atomic mass is 9.88. The van der Waals surface area contributed by atoms with E-state index < -0.39 is 0 Å². The zero-order valence-corrected chi connectivity index (χ0v) is 11.4. The summed E-state index contributed by atoms with van der Waals surface area (Å²) < 4.78 is 6.18. The fourth-order valence-corrected chi connectivity index (χ4v) is 3.29. The van der Waals surface area contributed by atoms with E-state index >= 15 is 0 Å². The lowest BCUT2D eigenvalue weighted by Crippen LogP contribution is -2.44. The zero-order chi connectivity index (χ0) is 13.1. The Hall–Kier alpha value is -0.970. The van der Waals surface area contributed by atoms with Gasteiger partial charge in [-0.15, -0.1) is 0 Å². The topological polar surface area (TPSA) is 51.4 Å². The van der Waals surface area contributed by atoms with Gasteiger partial charge in [0.2, 0.25) is 0 Å². The molecule has 0 amide bonds. The van der Waals surface area contributed by atoms with Crippen molar-refractivity contribution in [2.24, 2.45) is 5.73 Å². The number of hydrogen-bond donors (Lipinski definition) is 1. The van der Waals surface area contributed by atoms with E-state index in [1.54, 1.807) is 0 Å². The standard InChI is InChI=1S/C15H23N3O/c16-11-14-1-4-15(19-14)5-9-18(10-6-15)12-13-2-7-17-8-3-13/h2-3,7-8,14H,1,4-6,9-12,16H2. The van der Waals surface area contributed by atoms with Crippen LogP contribution in [0.1, 0.15) is 31.2 Å². The summed E-state index contributed by atoms with van der Waals surface area (Å²) in [4.78, 5) is 6.58. The summed E-state index contributed by atoms with van der Waals surface area (Å²) in [6.45, 7) is 3.95. The van der Waals surface area contributed by atoms with Crippen molar-refractivity contribution in [3.05, 3.63) is 30.1 Å². The van der Waals surface area contributed by atoms with Gasteiger partial charge in [0.15, 0.2) is 0 Å². The van der Waals surface area contributed by atoms with E-state index in [9.17, 15) is 0 Å². The smallest absolute Gasteiger partial charge is 0.0712 e. The quantitative estimate of drug-likeness (QED) is 0.897. The second kappa shape index (κ2) is 5.57. The van der Waals surface area contributed by atoms with Gasteiger partial charge in [-0.25, -0.2) is 0 Å². The van der Waals surface area contributed by atoms with Crippen LogP contribution >= 0.6 is 0 Å². The molecule has 2 aliphatic heterocycles. The van der Waals surface area contributed by atoms with Crippen molar-refractivity contribution < 1.29 is 4.74 Å². The van der Waals surface area contributed by atoms with Crippen molar-refractivity contribution in [1.82, 2.24) is 9.88 Å². The molecule has 104 valence electrons. The SMILES string of the molecule is NCC1CCC2(CCN(Cc3ccncc3)CC2)O1. The van der Waals surface area contributed by atoms with E-state index in [0.717, 1.165) is 38.9 Å². The Kier molecular flexibility index (Phi) is 3.82. The minimum atomic E-state index is 0.138. The number of ether oxygens (including phenoxy) is 1. The van der Waals surface area contributed by atoms with E-state index in [1.807, 2.05) is 12.4 Å². The third kappa shape index (κ3) is 2.96. The summed E-state index contributed by atoms with van der Waals surface area (Å²) in [5.74, 6) is 0. The number of hydrogen-bond acceptors (Lipinski definition) is 4. The van der Waals surface area contributed by atoms with E-state index in [0.29, 0.717) is 12.6 Å². The number of nitrogens with zero attached hydrogens (tertiary/aromatic N) is 2. The van der Waals surface area contributed by atoms with E-state index in [4.69, 9.17) is 10.5 Å². The van der Waals surface area contributed by atoms with Gasteiger partial charge in [0.25, 0.3) is 0 Å². The molecule has 3 rings (SSSR count). The average molecular weight is 261 g/mol. The number of rotatable bonds is 3. The lowest BCUT2D eigenvalue weighted by molar-refractivity contribution is -0.0749. The molecule has 4 nitrogen and oxygen atoms in total. The maximum atomic E-state index is 6.18. The molecule has 1 aromatic heterocycles. The molecule has 0 radical (unpaired) electrons. The fraction of sp³-hybridized carbons (Fsp3) is 0.667. The summed E-state index contributed by atoms with van der Waals surface area (Å²) in [6, 6.07) is 4.20. The predicted octanol–water partition coefficient (Wildman–Crippen LogP) is 1.55. The second-order valence-corrected chi connectivity index (χ2v) is 5.83.